The quantitative estimate of drug-likeness (QED) is 0.358. The van der Waals surface area contributed by atoms with Gasteiger partial charge < -0.3 is 15.2 Å². The van der Waals surface area contributed by atoms with Crippen LogP contribution < -0.4 is 10.6 Å². The molecule has 1 aliphatic rings. The van der Waals surface area contributed by atoms with Crippen LogP contribution in [-0.2, 0) is 6.54 Å². The summed E-state index contributed by atoms with van der Waals surface area (Å²) < 4.78 is 5.00. The van der Waals surface area contributed by atoms with E-state index in [1.165, 1.54) is 17.7 Å². The van der Waals surface area contributed by atoms with Crippen LogP contribution in [-0.4, -0.2) is 47.7 Å². The predicted octanol–water partition coefficient (Wildman–Crippen LogP) is 3.20. The van der Waals surface area contributed by atoms with Crippen molar-refractivity contribution in [2.75, 3.05) is 26.7 Å². The molecule has 9 heteroatoms. The molecule has 3 heterocycles. The average molecular weight is 504 g/mol. The summed E-state index contributed by atoms with van der Waals surface area (Å²) in [5, 5.41) is 12.8. The van der Waals surface area contributed by atoms with Crippen LogP contribution in [0.4, 0.5) is 0 Å². The Morgan fingerprint density at radius 1 is 1.41 bits per heavy atom. The van der Waals surface area contributed by atoms with Crippen LogP contribution in [0.25, 0.3) is 0 Å². The number of thiophene rings is 1. The lowest BCUT2D eigenvalue weighted by Crippen LogP contribution is -2.44. The van der Waals surface area contributed by atoms with E-state index in [9.17, 15) is 0 Å². The van der Waals surface area contributed by atoms with Crippen molar-refractivity contribution in [2.45, 2.75) is 39.3 Å². The van der Waals surface area contributed by atoms with E-state index in [2.05, 4.69) is 55.1 Å². The van der Waals surface area contributed by atoms with Crippen LogP contribution in [0.2, 0.25) is 0 Å². The second-order valence-electron chi connectivity index (χ2n) is 6.79. The molecule has 3 rings (SSSR count). The Morgan fingerprint density at radius 2 is 2.19 bits per heavy atom. The van der Waals surface area contributed by atoms with Crippen molar-refractivity contribution in [3.8, 4) is 0 Å². The lowest BCUT2D eigenvalue weighted by atomic mass is 9.97. The normalized spacial score (nSPS) is 17.4. The maximum atomic E-state index is 5.00. The summed E-state index contributed by atoms with van der Waals surface area (Å²) in [4.78, 5) is 12.5. The van der Waals surface area contributed by atoms with Crippen molar-refractivity contribution in [1.29, 1.82) is 0 Å². The molecule has 27 heavy (non-hydrogen) atoms. The van der Waals surface area contributed by atoms with E-state index in [-0.39, 0.29) is 24.0 Å². The van der Waals surface area contributed by atoms with E-state index in [1.807, 2.05) is 11.3 Å². The van der Waals surface area contributed by atoms with Gasteiger partial charge in [-0.3, -0.25) is 9.89 Å². The summed E-state index contributed by atoms with van der Waals surface area (Å²) in [6, 6.07) is 4.73. The van der Waals surface area contributed by atoms with Crippen molar-refractivity contribution in [1.82, 2.24) is 25.7 Å². The second kappa shape index (κ2) is 11.0. The first-order valence-corrected chi connectivity index (χ1v) is 10.0. The molecule has 0 aromatic carbocycles. The van der Waals surface area contributed by atoms with Gasteiger partial charge in [0.15, 0.2) is 11.8 Å². The third-order valence-electron chi connectivity index (χ3n) is 4.80. The Bertz CT molecular complexity index is 697. The van der Waals surface area contributed by atoms with Crippen LogP contribution >= 0.6 is 35.3 Å². The van der Waals surface area contributed by atoms with E-state index in [0.717, 1.165) is 31.5 Å². The van der Waals surface area contributed by atoms with Crippen LogP contribution in [0, 0.1) is 12.8 Å². The van der Waals surface area contributed by atoms with E-state index in [0.29, 0.717) is 24.3 Å². The molecular formula is C18H29IN6OS. The number of likely N-dealkylation sites (tertiary alicyclic amines) is 1. The molecule has 1 fully saturated rings. The molecular weight excluding hydrogens is 475 g/mol. The first-order valence-electron chi connectivity index (χ1n) is 9.17. The van der Waals surface area contributed by atoms with Crippen molar-refractivity contribution in [3.63, 3.8) is 0 Å². The highest BCUT2D eigenvalue weighted by atomic mass is 127. The Balaban J connectivity index is 0.00000261. The van der Waals surface area contributed by atoms with Crippen LogP contribution in [0.3, 0.4) is 0 Å². The number of aliphatic imine (C=N–C) groups is 1. The van der Waals surface area contributed by atoms with Gasteiger partial charge in [-0.2, -0.15) is 4.98 Å². The summed E-state index contributed by atoms with van der Waals surface area (Å²) in [7, 11) is 1.78. The molecule has 2 aromatic heterocycles. The van der Waals surface area contributed by atoms with Crippen molar-refractivity contribution >= 4 is 41.3 Å². The second-order valence-corrected chi connectivity index (χ2v) is 7.77. The number of nitrogens with zero attached hydrogens (tertiary/aromatic N) is 4. The van der Waals surface area contributed by atoms with Crippen LogP contribution in [0.15, 0.2) is 27.0 Å². The number of piperidine rings is 1. The molecule has 7 nitrogen and oxygen atoms in total. The fourth-order valence-electron chi connectivity index (χ4n) is 3.22. The number of hydrogen-bond acceptors (Lipinski definition) is 6. The number of halogens is 1. The molecule has 0 radical (unpaired) electrons. The SMILES string of the molecule is CN=C(NCc1noc(C)n1)NCC(c1cccs1)N1CCC(C)CC1.I. The molecule has 0 bridgehead atoms. The van der Waals surface area contributed by atoms with Gasteiger partial charge in [-0.25, -0.2) is 0 Å². The average Bonchev–Trinajstić information content (AvgIpc) is 3.31. The number of hydrogen-bond donors (Lipinski definition) is 2. The minimum atomic E-state index is 0. The van der Waals surface area contributed by atoms with Gasteiger partial charge in [0.05, 0.1) is 12.6 Å². The molecule has 0 spiro atoms. The highest BCUT2D eigenvalue weighted by Crippen LogP contribution is 2.28. The highest BCUT2D eigenvalue weighted by Gasteiger charge is 2.25. The van der Waals surface area contributed by atoms with E-state index >= 15 is 0 Å². The first-order chi connectivity index (χ1) is 12.7. The van der Waals surface area contributed by atoms with Crippen molar-refractivity contribution < 1.29 is 4.52 Å². The van der Waals surface area contributed by atoms with Crippen LogP contribution in [0.5, 0.6) is 0 Å². The van der Waals surface area contributed by atoms with Gasteiger partial charge in [0.1, 0.15) is 0 Å². The molecule has 150 valence electrons. The summed E-state index contributed by atoms with van der Waals surface area (Å²) in [6.07, 6.45) is 2.54. The van der Waals surface area contributed by atoms with E-state index in [4.69, 9.17) is 4.52 Å². The number of aromatic nitrogens is 2. The first kappa shape index (κ1) is 22.1. The molecule has 0 saturated carbocycles. The molecule has 0 aliphatic carbocycles. The molecule has 1 saturated heterocycles. The minimum absolute atomic E-state index is 0. The Hall–Kier alpha value is -1.20. The smallest absolute Gasteiger partial charge is 0.223 e. The van der Waals surface area contributed by atoms with Gasteiger partial charge in [-0.05, 0) is 43.3 Å². The fourth-order valence-corrected chi connectivity index (χ4v) is 4.08. The third-order valence-corrected chi connectivity index (χ3v) is 5.77. The number of rotatable bonds is 6. The number of nitrogens with one attached hydrogen (secondary N) is 2. The number of aryl methyl sites for hydroxylation is 1. The number of guanidine groups is 1. The zero-order chi connectivity index (χ0) is 18.4. The van der Waals surface area contributed by atoms with Gasteiger partial charge in [-0.1, -0.05) is 18.1 Å². The van der Waals surface area contributed by atoms with Gasteiger partial charge >= 0.3 is 0 Å². The van der Waals surface area contributed by atoms with Gasteiger partial charge in [-0.15, -0.1) is 35.3 Å². The van der Waals surface area contributed by atoms with Gasteiger partial charge in [0, 0.05) is 25.4 Å². The molecule has 1 unspecified atom stereocenters. The van der Waals surface area contributed by atoms with E-state index < -0.39 is 0 Å². The summed E-state index contributed by atoms with van der Waals surface area (Å²) in [5.41, 5.74) is 0. The zero-order valence-electron chi connectivity index (χ0n) is 16.1. The van der Waals surface area contributed by atoms with Crippen molar-refractivity contribution in [2.24, 2.45) is 10.9 Å². The Morgan fingerprint density at radius 3 is 2.78 bits per heavy atom. The standard InChI is InChI=1S/C18H28N6OS.HI/c1-13-6-8-24(9-7-13)15(16-5-4-10-26-16)11-20-18(19-3)21-12-17-22-14(2)25-23-17;/h4-5,10,13,15H,6-9,11-12H2,1-3H3,(H2,19,20,21);1H. The van der Waals surface area contributed by atoms with Crippen LogP contribution in [0.1, 0.15) is 42.4 Å². The third kappa shape index (κ3) is 6.42. The maximum absolute atomic E-state index is 5.00. The molecule has 0 amide bonds. The topological polar surface area (TPSA) is 78.6 Å². The lowest BCUT2D eigenvalue weighted by Gasteiger charge is -2.36. The molecule has 1 atom stereocenters. The minimum Gasteiger partial charge on any atom is -0.354 e. The highest BCUT2D eigenvalue weighted by molar-refractivity contribution is 14.0. The molecule has 1 aliphatic heterocycles. The Labute approximate surface area is 182 Å². The van der Waals surface area contributed by atoms with Gasteiger partial charge in [0.25, 0.3) is 0 Å². The summed E-state index contributed by atoms with van der Waals surface area (Å²) in [6.45, 7) is 7.75. The van der Waals surface area contributed by atoms with Gasteiger partial charge in [0.2, 0.25) is 5.89 Å². The lowest BCUT2D eigenvalue weighted by molar-refractivity contribution is 0.140. The fraction of sp³-hybridized carbons (Fsp3) is 0.611. The zero-order valence-corrected chi connectivity index (χ0v) is 19.3. The summed E-state index contributed by atoms with van der Waals surface area (Å²) in [5.74, 6) is 2.78. The largest absolute Gasteiger partial charge is 0.354 e. The predicted molar refractivity (Wildman–Crippen MR) is 120 cm³/mol. The van der Waals surface area contributed by atoms with Crippen molar-refractivity contribution in [3.05, 3.63) is 34.1 Å². The monoisotopic (exact) mass is 504 g/mol. The summed E-state index contributed by atoms with van der Waals surface area (Å²) >= 11 is 1.82. The Kier molecular flexibility index (Phi) is 8.97. The molecule has 2 N–H and O–H groups in total. The maximum Gasteiger partial charge on any atom is 0.223 e. The van der Waals surface area contributed by atoms with E-state index in [1.54, 1.807) is 14.0 Å². The molecule has 2 aromatic rings.